The van der Waals surface area contributed by atoms with Gasteiger partial charge in [-0.25, -0.2) is 0 Å². The first kappa shape index (κ1) is 12.9. The van der Waals surface area contributed by atoms with Gasteiger partial charge in [-0.15, -0.1) is 0 Å². The maximum Gasteiger partial charge on any atom is 0.0700 e. The monoisotopic (exact) mass is 215 g/mol. The number of methoxy groups -OCH3 is 1. The Hall–Kier alpha value is -0.120. The SMILES string of the molecule is COCCOCCCC1CCCCCN1. The molecular formula is C12H25NO2. The van der Waals surface area contributed by atoms with Gasteiger partial charge >= 0.3 is 0 Å². The van der Waals surface area contributed by atoms with E-state index in [-0.39, 0.29) is 0 Å². The van der Waals surface area contributed by atoms with E-state index in [0.29, 0.717) is 6.61 Å². The second kappa shape index (κ2) is 9.13. The smallest absolute Gasteiger partial charge is 0.0700 e. The molecule has 1 fully saturated rings. The lowest BCUT2D eigenvalue weighted by Gasteiger charge is -2.15. The van der Waals surface area contributed by atoms with Crippen molar-refractivity contribution in [3.63, 3.8) is 0 Å². The van der Waals surface area contributed by atoms with E-state index in [1.807, 2.05) is 0 Å². The third-order valence-corrected chi connectivity index (χ3v) is 2.94. The summed E-state index contributed by atoms with van der Waals surface area (Å²) in [4.78, 5) is 0. The highest BCUT2D eigenvalue weighted by Crippen LogP contribution is 2.12. The van der Waals surface area contributed by atoms with Gasteiger partial charge in [-0.05, 0) is 32.2 Å². The van der Waals surface area contributed by atoms with Crippen molar-refractivity contribution in [2.24, 2.45) is 0 Å². The lowest BCUT2D eigenvalue weighted by atomic mass is 10.1. The third-order valence-electron chi connectivity index (χ3n) is 2.94. The van der Waals surface area contributed by atoms with Crippen LogP contribution in [-0.2, 0) is 9.47 Å². The topological polar surface area (TPSA) is 30.5 Å². The molecule has 0 aromatic rings. The highest BCUT2D eigenvalue weighted by Gasteiger charge is 2.10. The minimum absolute atomic E-state index is 0.710. The van der Waals surface area contributed by atoms with Crippen LogP contribution in [0.25, 0.3) is 0 Å². The van der Waals surface area contributed by atoms with Crippen LogP contribution < -0.4 is 5.32 Å². The largest absolute Gasteiger partial charge is 0.382 e. The highest BCUT2D eigenvalue weighted by atomic mass is 16.5. The fourth-order valence-corrected chi connectivity index (χ4v) is 2.02. The minimum atomic E-state index is 0.710. The molecule has 1 rings (SSSR count). The molecule has 0 amide bonds. The number of hydrogen-bond donors (Lipinski definition) is 1. The lowest BCUT2D eigenvalue weighted by molar-refractivity contribution is 0.0677. The van der Waals surface area contributed by atoms with Gasteiger partial charge < -0.3 is 14.8 Å². The van der Waals surface area contributed by atoms with Crippen molar-refractivity contribution in [3.8, 4) is 0 Å². The summed E-state index contributed by atoms with van der Waals surface area (Å²) in [5, 5.41) is 3.60. The fraction of sp³-hybridized carbons (Fsp3) is 1.00. The van der Waals surface area contributed by atoms with E-state index >= 15 is 0 Å². The molecule has 1 heterocycles. The van der Waals surface area contributed by atoms with Crippen molar-refractivity contribution in [1.29, 1.82) is 0 Å². The summed E-state index contributed by atoms with van der Waals surface area (Å²) < 4.78 is 10.4. The van der Waals surface area contributed by atoms with Crippen LogP contribution in [0, 0.1) is 0 Å². The molecule has 1 aliphatic rings. The van der Waals surface area contributed by atoms with Gasteiger partial charge in [0.1, 0.15) is 0 Å². The summed E-state index contributed by atoms with van der Waals surface area (Å²) in [6.45, 7) is 3.52. The predicted octanol–water partition coefficient (Wildman–Crippen LogP) is 1.96. The van der Waals surface area contributed by atoms with E-state index < -0.39 is 0 Å². The van der Waals surface area contributed by atoms with E-state index in [9.17, 15) is 0 Å². The van der Waals surface area contributed by atoms with Crippen molar-refractivity contribution in [2.45, 2.75) is 44.6 Å². The van der Waals surface area contributed by atoms with Gasteiger partial charge in [-0.3, -0.25) is 0 Å². The molecule has 1 atom stereocenters. The molecule has 3 nitrogen and oxygen atoms in total. The molecule has 0 aliphatic carbocycles. The molecule has 0 radical (unpaired) electrons. The van der Waals surface area contributed by atoms with Crippen LogP contribution in [0.4, 0.5) is 0 Å². The van der Waals surface area contributed by atoms with E-state index in [2.05, 4.69) is 5.32 Å². The second-order valence-electron chi connectivity index (χ2n) is 4.25. The standard InChI is InChI=1S/C12H25NO2/c1-14-10-11-15-9-5-7-12-6-3-2-4-8-13-12/h12-13H,2-11H2,1H3. The zero-order valence-corrected chi connectivity index (χ0v) is 9.96. The Morgan fingerprint density at radius 1 is 1.13 bits per heavy atom. The summed E-state index contributed by atoms with van der Waals surface area (Å²) >= 11 is 0. The number of hydrogen-bond acceptors (Lipinski definition) is 3. The number of rotatable bonds is 7. The van der Waals surface area contributed by atoms with Gasteiger partial charge in [0.15, 0.2) is 0 Å². The average molecular weight is 215 g/mol. The second-order valence-corrected chi connectivity index (χ2v) is 4.25. The molecule has 3 heteroatoms. The first-order valence-corrected chi connectivity index (χ1v) is 6.23. The maximum absolute atomic E-state index is 5.44. The molecule has 0 aromatic heterocycles. The van der Waals surface area contributed by atoms with Crippen molar-refractivity contribution >= 4 is 0 Å². The lowest BCUT2D eigenvalue weighted by Crippen LogP contribution is -2.28. The van der Waals surface area contributed by atoms with Crippen LogP contribution in [0.3, 0.4) is 0 Å². The quantitative estimate of drug-likeness (QED) is 0.659. The summed E-state index contributed by atoms with van der Waals surface area (Å²) in [5.41, 5.74) is 0. The molecule has 0 aromatic carbocycles. The van der Waals surface area contributed by atoms with E-state index in [0.717, 1.165) is 19.3 Å². The number of nitrogens with one attached hydrogen (secondary N) is 1. The predicted molar refractivity (Wildman–Crippen MR) is 62.2 cm³/mol. The van der Waals surface area contributed by atoms with Crippen molar-refractivity contribution in [2.75, 3.05) is 33.5 Å². The van der Waals surface area contributed by atoms with Gasteiger partial charge in [0.2, 0.25) is 0 Å². The maximum atomic E-state index is 5.44. The van der Waals surface area contributed by atoms with Gasteiger partial charge in [0, 0.05) is 19.8 Å². The molecule has 90 valence electrons. The van der Waals surface area contributed by atoms with Gasteiger partial charge in [-0.2, -0.15) is 0 Å². The Balaban J connectivity index is 1.89. The zero-order chi connectivity index (χ0) is 10.8. The Labute approximate surface area is 93.5 Å². The number of ether oxygens (including phenoxy) is 2. The molecule has 0 bridgehead atoms. The molecular weight excluding hydrogens is 190 g/mol. The fourth-order valence-electron chi connectivity index (χ4n) is 2.02. The van der Waals surface area contributed by atoms with Gasteiger partial charge in [0.25, 0.3) is 0 Å². The third kappa shape index (κ3) is 6.88. The Bertz CT molecular complexity index is 134. The van der Waals surface area contributed by atoms with Gasteiger partial charge in [0.05, 0.1) is 13.2 Å². The first-order valence-electron chi connectivity index (χ1n) is 6.23. The summed E-state index contributed by atoms with van der Waals surface area (Å²) in [5.74, 6) is 0. The summed E-state index contributed by atoms with van der Waals surface area (Å²) in [7, 11) is 1.71. The molecule has 1 N–H and O–H groups in total. The Morgan fingerprint density at radius 3 is 2.93 bits per heavy atom. The van der Waals surface area contributed by atoms with Crippen LogP contribution in [0.1, 0.15) is 38.5 Å². The van der Waals surface area contributed by atoms with Crippen LogP contribution in [0.5, 0.6) is 0 Å². The Kier molecular flexibility index (Phi) is 7.88. The molecule has 0 spiro atoms. The molecule has 1 unspecified atom stereocenters. The minimum Gasteiger partial charge on any atom is -0.382 e. The first-order chi connectivity index (χ1) is 7.43. The van der Waals surface area contributed by atoms with Crippen molar-refractivity contribution < 1.29 is 9.47 Å². The molecule has 15 heavy (non-hydrogen) atoms. The van der Waals surface area contributed by atoms with Crippen molar-refractivity contribution in [3.05, 3.63) is 0 Å². The van der Waals surface area contributed by atoms with Crippen LogP contribution in [0.15, 0.2) is 0 Å². The summed E-state index contributed by atoms with van der Waals surface area (Å²) in [6, 6.07) is 0.735. The average Bonchev–Trinajstić information content (AvgIpc) is 2.52. The van der Waals surface area contributed by atoms with Crippen LogP contribution in [0.2, 0.25) is 0 Å². The van der Waals surface area contributed by atoms with Crippen LogP contribution in [-0.4, -0.2) is 39.5 Å². The highest BCUT2D eigenvalue weighted by molar-refractivity contribution is 4.70. The normalized spacial score (nSPS) is 22.6. The molecule has 1 saturated heterocycles. The summed E-state index contributed by atoms with van der Waals surface area (Å²) in [6.07, 6.45) is 7.91. The van der Waals surface area contributed by atoms with Crippen LogP contribution >= 0.6 is 0 Å². The van der Waals surface area contributed by atoms with Gasteiger partial charge in [-0.1, -0.05) is 12.8 Å². The van der Waals surface area contributed by atoms with E-state index in [4.69, 9.17) is 9.47 Å². The zero-order valence-electron chi connectivity index (χ0n) is 9.96. The van der Waals surface area contributed by atoms with E-state index in [1.165, 1.54) is 45.1 Å². The molecule has 1 aliphatic heterocycles. The van der Waals surface area contributed by atoms with E-state index in [1.54, 1.807) is 7.11 Å². The Morgan fingerprint density at radius 2 is 2.07 bits per heavy atom. The van der Waals surface area contributed by atoms with Crippen molar-refractivity contribution in [1.82, 2.24) is 5.32 Å². The molecule has 0 saturated carbocycles.